The lowest BCUT2D eigenvalue weighted by molar-refractivity contribution is -0.149. The molecule has 5 aromatic carbocycles. The molecule has 0 saturated heterocycles. The summed E-state index contributed by atoms with van der Waals surface area (Å²) in [5.74, 6) is -1.31. The van der Waals surface area contributed by atoms with E-state index in [0.717, 1.165) is 61.4 Å². The van der Waals surface area contributed by atoms with Crippen LogP contribution in [0.4, 0.5) is 94.6 Å². The third-order valence-electron chi connectivity index (χ3n) is 25.6. The van der Waals surface area contributed by atoms with E-state index in [1.807, 2.05) is 63.6 Å². The fourth-order valence-electron chi connectivity index (χ4n) is 18.4. The molecule has 0 aliphatic carbocycles. The average molecular weight is 2190 g/mol. The van der Waals surface area contributed by atoms with Crippen molar-refractivity contribution in [1.82, 2.24) is 85.5 Å². The molecule has 0 bridgehead atoms. The highest BCUT2D eigenvalue weighted by atomic mass is 35.5. The number of aromatic amines is 1. The number of aromatic nitrogens is 13. The van der Waals surface area contributed by atoms with Crippen LogP contribution in [0.1, 0.15) is 181 Å². The van der Waals surface area contributed by atoms with Crippen molar-refractivity contribution in [3.8, 4) is 28.5 Å². The lowest BCUT2D eigenvalue weighted by Crippen LogP contribution is -2.55. The molecule has 4 aliphatic heterocycles. The Balaban J connectivity index is 0.000000158. The van der Waals surface area contributed by atoms with Gasteiger partial charge < -0.3 is 26.0 Å². The van der Waals surface area contributed by atoms with E-state index in [-0.39, 0.29) is 91.5 Å². The van der Waals surface area contributed by atoms with Gasteiger partial charge in [-0.25, -0.2) is 99.7 Å². The highest BCUT2D eigenvalue weighted by molar-refractivity contribution is 7.91. The number of nitrogens with one attached hydrogen (secondary N) is 5. The predicted octanol–water partition coefficient (Wildman–Crippen LogP) is 19.4. The second-order valence-electron chi connectivity index (χ2n) is 36.3. The third-order valence-corrected chi connectivity index (χ3v) is 29.9. The van der Waals surface area contributed by atoms with E-state index >= 15 is 0 Å². The van der Waals surface area contributed by atoms with Gasteiger partial charge in [0.1, 0.15) is 46.2 Å². The fraction of sp³-hybridized carbons (Fsp3) is 0.374. The smallest absolute Gasteiger partial charge is 0.409 e. The van der Waals surface area contributed by atoms with Gasteiger partial charge in [0, 0.05) is 47.7 Å². The van der Waals surface area contributed by atoms with Gasteiger partial charge in [0.15, 0.2) is 60.1 Å². The maximum absolute atomic E-state index is 14.2. The van der Waals surface area contributed by atoms with Gasteiger partial charge in [0.05, 0.1) is 136 Å². The minimum Gasteiger partial charge on any atom is -0.495 e. The Hall–Kier alpha value is -14.0. The van der Waals surface area contributed by atoms with E-state index in [1.54, 1.807) is 29.3 Å². The number of fused-ring (bicyclic) bond motifs is 5. The zero-order valence-electron chi connectivity index (χ0n) is 82.3. The number of rotatable bonds is 25. The normalized spacial score (nSPS) is 16.7. The number of benzene rings is 5. The van der Waals surface area contributed by atoms with Crippen molar-refractivity contribution >= 4 is 109 Å². The lowest BCUT2D eigenvalue weighted by Gasteiger charge is -2.37. The fourth-order valence-corrected chi connectivity index (χ4v) is 21.2. The lowest BCUT2D eigenvalue weighted by atomic mass is 9.99. The molecule has 0 fully saturated rings. The number of urea groups is 4. The second kappa shape index (κ2) is 45.8. The van der Waals surface area contributed by atoms with Crippen LogP contribution in [0.15, 0.2) is 209 Å². The number of hydrogen-bond acceptors (Lipinski definition) is 21. The van der Waals surface area contributed by atoms with Crippen molar-refractivity contribution in [2.24, 2.45) is 0 Å². The summed E-state index contributed by atoms with van der Waals surface area (Å²) in [6.07, 6.45) is 2.60. The quantitative estimate of drug-likeness (QED) is 0.0332. The van der Waals surface area contributed by atoms with E-state index in [1.165, 1.54) is 161 Å². The number of carbonyl (C=O) groups is 4. The summed E-state index contributed by atoms with van der Waals surface area (Å²) in [5, 5.41) is 35.4. The van der Waals surface area contributed by atoms with Crippen molar-refractivity contribution < 1.29 is 110 Å². The molecule has 0 radical (unpaired) electrons. The summed E-state index contributed by atoms with van der Waals surface area (Å²) < 4.78 is 276. The number of ether oxygens (including phenoxy) is 1. The maximum atomic E-state index is 14.2. The maximum Gasteiger partial charge on any atom is 0.409 e. The van der Waals surface area contributed by atoms with Crippen molar-refractivity contribution in [3.63, 3.8) is 0 Å². The van der Waals surface area contributed by atoms with Gasteiger partial charge in [-0.2, -0.15) is 65.0 Å². The van der Waals surface area contributed by atoms with Crippen LogP contribution in [0.25, 0.3) is 33.8 Å². The van der Waals surface area contributed by atoms with Crippen LogP contribution in [0, 0.1) is 17.5 Å². The Kier molecular flexibility index (Phi) is 34.1. The molecule has 13 aromatic rings. The monoisotopic (exact) mass is 2190 g/mol. The minimum absolute atomic E-state index is 0.00165. The number of nitrogens with zero attached hydrogens (tertiary/aromatic N) is 16. The van der Waals surface area contributed by atoms with Gasteiger partial charge in [0.2, 0.25) is 0 Å². The molecule has 8 aromatic heterocycles. The molecule has 0 spiro atoms. The number of anilines is 4. The number of carbonyl (C=O) groups excluding carboxylic acids is 4. The average Bonchev–Trinajstić information content (AvgIpc) is 1.58. The number of H-pyrrole nitrogens is 1. The molecular weight excluding hydrogens is 2080 g/mol. The number of hydrogen-bond donors (Lipinski definition) is 5. The Bertz CT molecular complexity index is 7570. The van der Waals surface area contributed by atoms with Crippen LogP contribution < -0.4 is 45.6 Å². The summed E-state index contributed by atoms with van der Waals surface area (Å²) in [5.41, 5.74) is 6.91. The summed E-state index contributed by atoms with van der Waals surface area (Å²) >= 11 is 6.03. The Morgan fingerprint density at radius 1 is 0.427 bits per heavy atom. The van der Waals surface area contributed by atoms with E-state index in [9.17, 15) is 106 Å². The van der Waals surface area contributed by atoms with E-state index < -0.39 is 149 Å². The summed E-state index contributed by atoms with van der Waals surface area (Å²) in [6.45, 7) is 9.53. The highest BCUT2D eigenvalue weighted by Gasteiger charge is 2.53. The molecule has 4 aliphatic rings. The minimum atomic E-state index is -4.73. The van der Waals surface area contributed by atoms with Crippen molar-refractivity contribution in [2.75, 3.05) is 51.7 Å². The summed E-state index contributed by atoms with van der Waals surface area (Å²) in [6, 6.07) is 24.3. The SMILES string of the molecule is CCC[C@H](NC(=O)N1c2cnn(-c3ccc(Cl)cc3)c2CCC1C)c1ccnc(S(C)(=O)=O)c1.CCC[C@H](NC(=O)N1c2cnn(-c3ccc(F)cc3)c2CCC1C(F)(F)F)c1cc(S(C)(=O)=O)nc2[nH]ncc12.CCC[C@H](NC(=O)N1c2cnn(-c3ccc(F)cc3)c2CCC1C(F)(F)F)c1ccc(OC)c(S(C)(=O)=O)c1.CCC[C@H](NC(=O)N1c2cnn(-c3ccc(F)cc3)c2CCC1C(F)(F)F)c1cccc(S(C)(=O)=O)n1. The van der Waals surface area contributed by atoms with Gasteiger partial charge >= 0.3 is 42.7 Å². The molecule has 150 heavy (non-hydrogen) atoms. The van der Waals surface area contributed by atoms with Crippen molar-refractivity contribution in [1.29, 1.82) is 0 Å². The van der Waals surface area contributed by atoms with E-state index in [4.69, 9.17) is 16.3 Å². The number of amides is 8. The van der Waals surface area contributed by atoms with Crippen molar-refractivity contribution in [3.05, 3.63) is 256 Å². The molecule has 17 rings (SSSR count). The number of pyridine rings is 3. The zero-order chi connectivity index (χ0) is 109. The van der Waals surface area contributed by atoms with Crippen LogP contribution in [-0.2, 0) is 65.0 Å². The van der Waals surface area contributed by atoms with Crippen LogP contribution in [0.3, 0.4) is 0 Å². The first-order valence-electron chi connectivity index (χ1n) is 47.5. The first kappa shape index (κ1) is 112. The van der Waals surface area contributed by atoms with Crippen molar-refractivity contribution in [2.45, 2.75) is 224 Å². The second-order valence-corrected chi connectivity index (χ2v) is 44.6. The number of methoxy groups -OCH3 is 1. The molecule has 12 heterocycles. The first-order chi connectivity index (χ1) is 70.8. The molecule has 5 N–H and O–H groups in total. The van der Waals surface area contributed by atoms with Gasteiger partial charge in [-0.1, -0.05) is 77.1 Å². The van der Waals surface area contributed by atoms with Crippen LogP contribution in [0.2, 0.25) is 5.02 Å². The van der Waals surface area contributed by atoms with E-state index in [0.29, 0.717) is 121 Å². The number of halogens is 13. The molecule has 800 valence electrons. The van der Waals surface area contributed by atoms with Gasteiger partial charge in [-0.15, -0.1) is 0 Å². The topological polar surface area (TPSA) is 414 Å². The van der Waals surface area contributed by atoms with Gasteiger partial charge in [-0.3, -0.25) is 24.7 Å². The Morgan fingerprint density at radius 3 is 1.19 bits per heavy atom. The molecule has 4 unspecified atom stereocenters. The van der Waals surface area contributed by atoms with E-state index in [2.05, 4.69) is 66.8 Å². The van der Waals surface area contributed by atoms with Crippen LogP contribution in [0.5, 0.6) is 5.75 Å². The number of alkyl halides is 9. The van der Waals surface area contributed by atoms with Crippen LogP contribution >= 0.6 is 11.6 Å². The largest absolute Gasteiger partial charge is 0.495 e. The summed E-state index contributed by atoms with van der Waals surface area (Å²) in [7, 11) is -13.2. The molecule has 8 amide bonds. The van der Waals surface area contributed by atoms with Crippen LogP contribution in [-0.4, -0.2) is 197 Å². The predicted molar refractivity (Wildman–Crippen MR) is 534 cm³/mol. The standard InChI is InChI=1S/C26H28F4N4O4S.C25H25F4N7O3S.C24H28ClN5O3S.C24H25F4N5O3S/c1-4-5-19(16-6-12-22(38-2)23(14-16)39(3,36)37)32-25(35)33-21-15-31-34(18-9-7-17(27)8-10-18)20(21)11-13-24(33)26(28,29)30;1-3-4-18(16-11-22(40(2,38)39)33-23-17(16)12-30-34-23)32-24(37)35-20-13-31-36(15-7-5-14(26)6-8-15)19(20)9-10-21(35)25(27,28)29;1-4-5-20(17-12-13-26-23(14-17)34(3,32)33)28-24(31)29-16(2)6-11-21-22(29)15-27-30(21)19-9-7-18(25)8-10-19;1-3-5-17(18-6-4-7-22(30-18)37(2,35)36)31-23(34)32-20-14-29-33(16-10-8-15(25)9-11-16)19(20)12-13-21(32)24(26,27)28/h6-10,12,14-15,19,24H,4-5,11,13H2,1-3H3,(H,32,35);5-8,11-13,18,21H,3-4,9-10H2,1-2H3,(H,32,37)(H,30,33,34);7-10,12-16,20H,4-6,11H2,1-3H3,(H,28,31);4,6-11,14,17,21H,3,5,12-13H2,1-2H3,(H,31,34)/t19-,24?;18-,21?;16?,20-;17-,21?/m0000/s1. The Morgan fingerprint density at radius 2 is 0.793 bits per heavy atom. The zero-order valence-corrected chi connectivity index (χ0v) is 86.4. The van der Waals surface area contributed by atoms with Gasteiger partial charge in [0.25, 0.3) is 0 Å². The van der Waals surface area contributed by atoms with Gasteiger partial charge in [-0.05, 0) is 240 Å². The summed E-state index contributed by atoms with van der Waals surface area (Å²) in [4.78, 5) is 70.0. The molecule has 0 saturated carbocycles. The molecule has 34 nitrogen and oxygen atoms in total. The Labute approximate surface area is 860 Å². The highest BCUT2D eigenvalue weighted by Crippen LogP contribution is 2.46. The molecule has 8 atom stereocenters. The third kappa shape index (κ3) is 25.5. The molecular formula is C99H106ClF12N21O13S4. The molecule has 51 heteroatoms. The number of sulfone groups is 4. The first-order valence-corrected chi connectivity index (χ1v) is 55.4.